The van der Waals surface area contributed by atoms with E-state index in [0.717, 1.165) is 12.1 Å². The summed E-state index contributed by atoms with van der Waals surface area (Å²) in [6.45, 7) is 1.30. The number of aryl methyl sites for hydroxylation is 1. The number of aliphatic hydroxyl groups is 2. The van der Waals surface area contributed by atoms with Gasteiger partial charge in [-0.05, 0) is 24.1 Å². The summed E-state index contributed by atoms with van der Waals surface area (Å²) in [5.74, 6) is -0.193. The van der Waals surface area contributed by atoms with E-state index in [0.29, 0.717) is 0 Å². The lowest BCUT2D eigenvalue weighted by molar-refractivity contribution is -0.138. The fourth-order valence-electron chi connectivity index (χ4n) is 1.50. The van der Waals surface area contributed by atoms with Crippen LogP contribution in [0.4, 0.5) is 13.2 Å². The number of aliphatic hydroxyl groups excluding tert-OH is 2. The van der Waals surface area contributed by atoms with Gasteiger partial charge in [-0.3, -0.25) is 0 Å². The van der Waals surface area contributed by atoms with Crippen LogP contribution in [0.5, 0.6) is 0 Å². The van der Waals surface area contributed by atoms with Crippen LogP contribution in [0.25, 0.3) is 0 Å². The van der Waals surface area contributed by atoms with Crippen LogP contribution >= 0.6 is 11.6 Å². The number of rotatable bonds is 3. The molecule has 0 heterocycles. The topological polar surface area (TPSA) is 40.5 Å². The standard InChI is InChI=1S/C11H12ClF3O2/c1-6-4-7(10(17)9(16)5-12)2-3-8(6)11(13,14)15/h2-4,9-10,16-17H,5H2,1H3. The van der Waals surface area contributed by atoms with Crippen molar-refractivity contribution in [3.05, 3.63) is 34.9 Å². The molecule has 17 heavy (non-hydrogen) atoms. The Hall–Kier alpha value is -0.780. The predicted molar refractivity (Wildman–Crippen MR) is 57.9 cm³/mol. The Morgan fingerprint density at radius 3 is 2.29 bits per heavy atom. The molecule has 0 amide bonds. The normalized spacial score (nSPS) is 15.7. The van der Waals surface area contributed by atoms with Crippen molar-refractivity contribution < 1.29 is 23.4 Å². The highest BCUT2D eigenvalue weighted by Gasteiger charge is 2.32. The SMILES string of the molecule is Cc1cc(C(O)C(O)CCl)ccc1C(F)(F)F. The lowest BCUT2D eigenvalue weighted by Crippen LogP contribution is -2.20. The first kappa shape index (κ1) is 14.3. The van der Waals surface area contributed by atoms with E-state index >= 15 is 0 Å². The molecule has 0 bridgehead atoms. The average molecular weight is 269 g/mol. The summed E-state index contributed by atoms with van der Waals surface area (Å²) in [4.78, 5) is 0. The third-order valence-electron chi connectivity index (χ3n) is 2.42. The van der Waals surface area contributed by atoms with E-state index in [1.165, 1.54) is 13.0 Å². The summed E-state index contributed by atoms with van der Waals surface area (Å²) < 4.78 is 37.4. The molecule has 0 aromatic heterocycles. The van der Waals surface area contributed by atoms with Gasteiger partial charge >= 0.3 is 6.18 Å². The Bertz CT molecular complexity index is 393. The van der Waals surface area contributed by atoms with Gasteiger partial charge in [-0.15, -0.1) is 11.6 Å². The van der Waals surface area contributed by atoms with Crippen LogP contribution in [0.3, 0.4) is 0 Å². The van der Waals surface area contributed by atoms with Crippen LogP contribution in [0, 0.1) is 6.92 Å². The van der Waals surface area contributed by atoms with Crippen molar-refractivity contribution >= 4 is 11.6 Å². The van der Waals surface area contributed by atoms with Gasteiger partial charge in [0.05, 0.1) is 17.5 Å². The Labute approximate surface area is 102 Å². The Morgan fingerprint density at radius 1 is 1.29 bits per heavy atom. The van der Waals surface area contributed by atoms with Crippen LogP contribution in [-0.2, 0) is 6.18 Å². The highest BCUT2D eigenvalue weighted by Crippen LogP contribution is 2.33. The van der Waals surface area contributed by atoms with Crippen LogP contribution in [0.2, 0.25) is 0 Å². The number of hydrogen-bond acceptors (Lipinski definition) is 2. The summed E-state index contributed by atoms with van der Waals surface area (Å²) in [6.07, 6.45) is -6.90. The molecule has 1 aromatic carbocycles. The van der Waals surface area contributed by atoms with Crippen molar-refractivity contribution in [2.24, 2.45) is 0 Å². The maximum Gasteiger partial charge on any atom is 0.416 e. The average Bonchev–Trinajstić information content (AvgIpc) is 2.25. The van der Waals surface area contributed by atoms with Crippen molar-refractivity contribution in [1.29, 1.82) is 0 Å². The monoisotopic (exact) mass is 268 g/mol. The maximum atomic E-state index is 12.5. The first-order valence-corrected chi connectivity index (χ1v) is 5.40. The molecular formula is C11H12ClF3O2. The predicted octanol–water partition coefficient (Wildman–Crippen LogP) is 2.65. The quantitative estimate of drug-likeness (QED) is 0.828. The second-order valence-electron chi connectivity index (χ2n) is 3.74. The van der Waals surface area contributed by atoms with Crippen LogP contribution < -0.4 is 0 Å². The second kappa shape index (κ2) is 5.25. The number of hydrogen-bond donors (Lipinski definition) is 2. The number of halogens is 4. The molecule has 0 spiro atoms. The summed E-state index contributed by atoms with van der Waals surface area (Å²) in [6, 6.07) is 3.22. The van der Waals surface area contributed by atoms with Gasteiger partial charge in [0.1, 0.15) is 6.10 Å². The van der Waals surface area contributed by atoms with Crippen molar-refractivity contribution in [2.45, 2.75) is 25.3 Å². The van der Waals surface area contributed by atoms with Crippen molar-refractivity contribution in [3.63, 3.8) is 0 Å². The highest BCUT2D eigenvalue weighted by molar-refractivity contribution is 6.18. The van der Waals surface area contributed by atoms with Gasteiger partial charge in [-0.1, -0.05) is 12.1 Å². The molecule has 0 fully saturated rings. The van der Waals surface area contributed by atoms with Crippen LogP contribution in [0.1, 0.15) is 22.8 Å². The number of alkyl halides is 4. The molecule has 1 rings (SSSR count). The molecule has 96 valence electrons. The van der Waals surface area contributed by atoms with Crippen LogP contribution in [0.15, 0.2) is 18.2 Å². The molecular weight excluding hydrogens is 257 g/mol. The van der Waals surface area contributed by atoms with Gasteiger partial charge in [0.25, 0.3) is 0 Å². The van der Waals surface area contributed by atoms with Gasteiger partial charge in [-0.2, -0.15) is 13.2 Å². The third-order valence-corrected chi connectivity index (χ3v) is 2.74. The molecule has 2 unspecified atom stereocenters. The summed E-state index contributed by atoms with van der Waals surface area (Å²) in [7, 11) is 0. The third kappa shape index (κ3) is 3.34. The van der Waals surface area contributed by atoms with Gasteiger partial charge in [0, 0.05) is 0 Å². The van der Waals surface area contributed by atoms with Crippen LogP contribution in [-0.4, -0.2) is 22.2 Å². The molecule has 0 aliphatic heterocycles. The lowest BCUT2D eigenvalue weighted by atomic mass is 9.99. The first-order valence-electron chi connectivity index (χ1n) is 4.87. The minimum absolute atomic E-state index is 0.00387. The lowest BCUT2D eigenvalue weighted by Gasteiger charge is -2.18. The smallest absolute Gasteiger partial charge is 0.389 e. The molecule has 2 atom stereocenters. The highest BCUT2D eigenvalue weighted by atomic mass is 35.5. The van der Waals surface area contributed by atoms with E-state index in [1.807, 2.05) is 0 Å². The van der Waals surface area contributed by atoms with E-state index in [-0.39, 0.29) is 17.0 Å². The summed E-state index contributed by atoms with van der Waals surface area (Å²) in [5.41, 5.74) is -0.548. The molecule has 2 N–H and O–H groups in total. The molecule has 0 aliphatic carbocycles. The van der Waals surface area contributed by atoms with Crippen molar-refractivity contribution in [2.75, 3.05) is 5.88 Å². The van der Waals surface area contributed by atoms with E-state index in [9.17, 15) is 23.4 Å². The molecule has 2 nitrogen and oxygen atoms in total. The zero-order chi connectivity index (χ0) is 13.2. The summed E-state index contributed by atoms with van der Waals surface area (Å²) >= 11 is 5.35. The zero-order valence-corrected chi connectivity index (χ0v) is 9.76. The van der Waals surface area contributed by atoms with E-state index in [2.05, 4.69) is 0 Å². The first-order chi connectivity index (χ1) is 7.77. The van der Waals surface area contributed by atoms with Crippen molar-refractivity contribution in [3.8, 4) is 0 Å². The second-order valence-corrected chi connectivity index (χ2v) is 4.05. The fraction of sp³-hybridized carbons (Fsp3) is 0.455. The van der Waals surface area contributed by atoms with Gasteiger partial charge < -0.3 is 10.2 Å². The maximum absolute atomic E-state index is 12.5. The minimum Gasteiger partial charge on any atom is -0.389 e. The Morgan fingerprint density at radius 2 is 1.88 bits per heavy atom. The zero-order valence-electron chi connectivity index (χ0n) is 9.00. The molecule has 1 aromatic rings. The molecule has 0 saturated heterocycles. The van der Waals surface area contributed by atoms with E-state index in [4.69, 9.17) is 11.6 Å². The van der Waals surface area contributed by atoms with E-state index < -0.39 is 23.9 Å². The molecule has 6 heteroatoms. The fourth-order valence-corrected chi connectivity index (χ4v) is 1.66. The summed E-state index contributed by atoms with van der Waals surface area (Å²) in [5, 5.41) is 18.9. The molecule has 0 saturated carbocycles. The van der Waals surface area contributed by atoms with Crippen molar-refractivity contribution in [1.82, 2.24) is 0 Å². The molecule has 0 aliphatic rings. The van der Waals surface area contributed by atoms with Gasteiger partial charge in [0.15, 0.2) is 0 Å². The minimum atomic E-state index is -4.42. The van der Waals surface area contributed by atoms with Gasteiger partial charge in [-0.25, -0.2) is 0 Å². The largest absolute Gasteiger partial charge is 0.416 e. The number of benzene rings is 1. The van der Waals surface area contributed by atoms with E-state index in [1.54, 1.807) is 0 Å². The Balaban J connectivity index is 3.05. The Kier molecular flexibility index (Phi) is 4.41. The van der Waals surface area contributed by atoms with Gasteiger partial charge in [0.2, 0.25) is 0 Å². The molecule has 0 radical (unpaired) electrons.